The Labute approximate surface area is 168 Å². The van der Waals surface area contributed by atoms with E-state index in [4.69, 9.17) is 0 Å². The van der Waals surface area contributed by atoms with E-state index in [1.807, 2.05) is 22.9 Å². The van der Waals surface area contributed by atoms with Gasteiger partial charge in [0.1, 0.15) is 10.6 Å². The number of nitrogens with zero attached hydrogens (tertiary/aromatic N) is 5. The summed E-state index contributed by atoms with van der Waals surface area (Å²) >= 11 is 1.72. The number of aryl methyl sites for hydroxylation is 2. The van der Waals surface area contributed by atoms with Crippen molar-refractivity contribution < 1.29 is 0 Å². The Morgan fingerprint density at radius 2 is 1.86 bits per heavy atom. The number of fused-ring (bicyclic) bond motifs is 3. The molecule has 4 heterocycles. The Morgan fingerprint density at radius 3 is 2.68 bits per heavy atom. The molecule has 28 heavy (non-hydrogen) atoms. The van der Waals surface area contributed by atoms with Gasteiger partial charge in [-0.15, -0.1) is 11.3 Å². The smallest absolute Gasteiger partial charge is 0.262 e. The maximum absolute atomic E-state index is 13.1. The van der Waals surface area contributed by atoms with Crippen molar-refractivity contribution in [2.45, 2.75) is 32.2 Å². The van der Waals surface area contributed by atoms with E-state index in [1.165, 1.54) is 23.3 Å². The van der Waals surface area contributed by atoms with Crippen molar-refractivity contribution in [2.75, 3.05) is 37.6 Å². The summed E-state index contributed by atoms with van der Waals surface area (Å²) in [5, 5.41) is 0.891. The van der Waals surface area contributed by atoms with Gasteiger partial charge in [-0.25, -0.2) is 9.97 Å². The molecule has 3 aromatic rings. The van der Waals surface area contributed by atoms with Crippen LogP contribution in [0.5, 0.6) is 0 Å². The number of aromatic nitrogens is 3. The third-order valence-corrected chi connectivity index (χ3v) is 7.14. The first kappa shape index (κ1) is 17.8. The summed E-state index contributed by atoms with van der Waals surface area (Å²) in [5.41, 5.74) is 1.43. The molecule has 0 saturated carbocycles. The van der Waals surface area contributed by atoms with Crippen LogP contribution < -0.4 is 10.5 Å². The minimum absolute atomic E-state index is 0.150. The minimum atomic E-state index is 0.150. The maximum Gasteiger partial charge on any atom is 0.262 e. The molecule has 1 saturated heterocycles. The van der Waals surface area contributed by atoms with Gasteiger partial charge in [0.15, 0.2) is 0 Å². The summed E-state index contributed by atoms with van der Waals surface area (Å²) in [4.78, 5) is 29.2. The number of hydrogen-bond acceptors (Lipinski definition) is 6. The summed E-state index contributed by atoms with van der Waals surface area (Å²) in [6.07, 6.45) is 8.16. The van der Waals surface area contributed by atoms with Crippen molar-refractivity contribution in [2.24, 2.45) is 0 Å². The van der Waals surface area contributed by atoms with Crippen LogP contribution in [-0.4, -0.2) is 52.2 Å². The highest BCUT2D eigenvalue weighted by Gasteiger charge is 2.21. The highest BCUT2D eigenvalue weighted by atomic mass is 32.1. The van der Waals surface area contributed by atoms with Crippen LogP contribution in [0.15, 0.2) is 35.5 Å². The minimum Gasteiger partial charge on any atom is -0.354 e. The van der Waals surface area contributed by atoms with Crippen LogP contribution >= 0.6 is 11.3 Å². The van der Waals surface area contributed by atoms with Crippen molar-refractivity contribution in [3.8, 4) is 0 Å². The molecule has 0 bridgehead atoms. The summed E-state index contributed by atoms with van der Waals surface area (Å²) < 4.78 is 1.81. The van der Waals surface area contributed by atoms with E-state index in [-0.39, 0.29) is 5.56 Å². The molecule has 0 radical (unpaired) electrons. The molecule has 0 unspecified atom stereocenters. The van der Waals surface area contributed by atoms with E-state index in [2.05, 4.69) is 25.8 Å². The fourth-order valence-corrected chi connectivity index (χ4v) is 5.55. The third kappa shape index (κ3) is 3.33. The normalized spacial score (nSPS) is 17.8. The van der Waals surface area contributed by atoms with Crippen molar-refractivity contribution >= 4 is 27.4 Å². The fraction of sp³-hybridized carbons (Fsp3) is 0.476. The van der Waals surface area contributed by atoms with E-state index < -0.39 is 0 Å². The molecule has 0 atom stereocenters. The molecule has 1 aliphatic heterocycles. The lowest BCUT2D eigenvalue weighted by molar-refractivity contribution is 0.246. The summed E-state index contributed by atoms with van der Waals surface area (Å²) in [5.74, 6) is 1.05. The van der Waals surface area contributed by atoms with Gasteiger partial charge >= 0.3 is 0 Å². The molecule has 0 spiro atoms. The zero-order valence-electron chi connectivity index (χ0n) is 16.0. The van der Waals surface area contributed by atoms with Crippen molar-refractivity contribution in [1.82, 2.24) is 19.4 Å². The van der Waals surface area contributed by atoms with Crippen LogP contribution in [0, 0.1) is 0 Å². The highest BCUT2D eigenvalue weighted by Crippen LogP contribution is 2.33. The second kappa shape index (κ2) is 7.64. The van der Waals surface area contributed by atoms with Crippen molar-refractivity contribution in [1.29, 1.82) is 0 Å². The third-order valence-electron chi connectivity index (χ3n) is 5.94. The Kier molecular flexibility index (Phi) is 4.86. The van der Waals surface area contributed by atoms with E-state index in [9.17, 15) is 4.79 Å². The zero-order chi connectivity index (χ0) is 18.9. The van der Waals surface area contributed by atoms with Gasteiger partial charge in [0.2, 0.25) is 0 Å². The van der Waals surface area contributed by atoms with E-state index in [1.54, 1.807) is 17.7 Å². The molecule has 0 amide bonds. The molecule has 1 aliphatic carbocycles. The number of piperazine rings is 1. The first-order valence-corrected chi connectivity index (χ1v) is 11.0. The predicted molar refractivity (Wildman–Crippen MR) is 113 cm³/mol. The monoisotopic (exact) mass is 395 g/mol. The molecule has 0 aromatic carbocycles. The molecule has 146 valence electrons. The van der Waals surface area contributed by atoms with Crippen LogP contribution in [0.1, 0.15) is 23.3 Å². The number of rotatable bonds is 4. The van der Waals surface area contributed by atoms with Crippen LogP contribution in [0.25, 0.3) is 10.2 Å². The SMILES string of the molecule is O=c1c2c3c(sc2ncn1CCN1CCN(c2ccccn2)CC1)CCCC3. The number of thiophene rings is 1. The van der Waals surface area contributed by atoms with Gasteiger partial charge in [-0.2, -0.15) is 0 Å². The quantitative estimate of drug-likeness (QED) is 0.680. The lowest BCUT2D eigenvalue weighted by atomic mass is 9.97. The van der Waals surface area contributed by atoms with Gasteiger partial charge in [0, 0.05) is 50.3 Å². The molecule has 6 nitrogen and oxygen atoms in total. The van der Waals surface area contributed by atoms with Crippen LogP contribution in [-0.2, 0) is 19.4 Å². The lowest BCUT2D eigenvalue weighted by Gasteiger charge is -2.35. The highest BCUT2D eigenvalue weighted by molar-refractivity contribution is 7.18. The standard InChI is InChI=1S/C21H25N5OS/c27-21-19-16-5-1-2-6-17(16)28-20(19)23-15-26(21)14-11-24-9-12-25(13-10-24)18-7-3-4-8-22-18/h3-4,7-8,15H,1-2,5-6,9-14H2. The largest absolute Gasteiger partial charge is 0.354 e. The Hall–Kier alpha value is -2.25. The Balaban J connectivity index is 1.26. The topological polar surface area (TPSA) is 54.3 Å². The van der Waals surface area contributed by atoms with Crippen molar-refractivity contribution in [3.63, 3.8) is 0 Å². The van der Waals surface area contributed by atoms with Crippen LogP contribution in [0.2, 0.25) is 0 Å². The molecule has 5 rings (SSSR count). The fourth-order valence-electron chi connectivity index (χ4n) is 4.33. The Bertz CT molecular complexity index is 1020. The van der Waals surface area contributed by atoms with E-state index in [0.717, 1.165) is 61.6 Å². The van der Waals surface area contributed by atoms with Gasteiger partial charge in [-0.3, -0.25) is 14.3 Å². The molecule has 7 heteroatoms. The van der Waals surface area contributed by atoms with Crippen LogP contribution in [0.3, 0.4) is 0 Å². The molecule has 0 N–H and O–H groups in total. The average molecular weight is 396 g/mol. The second-order valence-electron chi connectivity index (χ2n) is 7.65. The molecule has 1 fully saturated rings. The number of anilines is 1. The average Bonchev–Trinajstić information content (AvgIpc) is 3.14. The predicted octanol–water partition coefficient (Wildman–Crippen LogP) is 2.55. The Morgan fingerprint density at radius 1 is 1.00 bits per heavy atom. The number of hydrogen-bond donors (Lipinski definition) is 0. The molecular formula is C21H25N5OS. The van der Waals surface area contributed by atoms with Crippen LogP contribution in [0.4, 0.5) is 5.82 Å². The van der Waals surface area contributed by atoms with E-state index >= 15 is 0 Å². The second-order valence-corrected chi connectivity index (χ2v) is 8.73. The van der Waals surface area contributed by atoms with Gasteiger partial charge in [-0.1, -0.05) is 6.07 Å². The summed E-state index contributed by atoms with van der Waals surface area (Å²) in [6, 6.07) is 6.05. The summed E-state index contributed by atoms with van der Waals surface area (Å²) in [6.45, 7) is 5.53. The first-order chi connectivity index (χ1) is 13.8. The number of pyridine rings is 1. The lowest BCUT2D eigenvalue weighted by Crippen LogP contribution is -2.47. The van der Waals surface area contributed by atoms with E-state index in [0.29, 0.717) is 6.54 Å². The maximum atomic E-state index is 13.1. The van der Waals surface area contributed by atoms with Gasteiger partial charge < -0.3 is 4.90 Å². The van der Waals surface area contributed by atoms with Gasteiger partial charge in [0.05, 0.1) is 11.7 Å². The van der Waals surface area contributed by atoms with Gasteiger partial charge in [0.25, 0.3) is 5.56 Å². The zero-order valence-corrected chi connectivity index (χ0v) is 16.8. The molecule has 2 aliphatic rings. The van der Waals surface area contributed by atoms with Crippen molar-refractivity contribution in [3.05, 3.63) is 51.5 Å². The first-order valence-electron chi connectivity index (χ1n) is 10.2. The molecule has 3 aromatic heterocycles. The molecular weight excluding hydrogens is 370 g/mol. The van der Waals surface area contributed by atoms with Gasteiger partial charge in [-0.05, 0) is 43.4 Å². The summed E-state index contributed by atoms with van der Waals surface area (Å²) in [7, 11) is 0.